The highest BCUT2D eigenvalue weighted by atomic mass is 35.5. The van der Waals surface area contributed by atoms with Crippen molar-refractivity contribution in [3.05, 3.63) is 128 Å². The number of nitro groups is 1. The van der Waals surface area contributed by atoms with Gasteiger partial charge in [0.05, 0.1) is 33.9 Å². The van der Waals surface area contributed by atoms with Gasteiger partial charge in [0.25, 0.3) is 5.69 Å². The molecule has 0 aromatic heterocycles. The van der Waals surface area contributed by atoms with E-state index in [1.807, 2.05) is 30.3 Å². The summed E-state index contributed by atoms with van der Waals surface area (Å²) in [4.78, 5) is 37.5. The molecule has 224 valence electrons. The van der Waals surface area contributed by atoms with E-state index in [-0.39, 0.29) is 45.1 Å². The highest BCUT2D eigenvalue weighted by molar-refractivity contribution is 8.00. The predicted molar refractivity (Wildman–Crippen MR) is 170 cm³/mol. The minimum atomic E-state index is -0.629. The fourth-order valence-corrected chi connectivity index (χ4v) is 8.18. The van der Waals surface area contributed by atoms with Gasteiger partial charge in [0.1, 0.15) is 11.3 Å². The normalized spacial score (nSPS) is 21.8. The van der Waals surface area contributed by atoms with Crippen molar-refractivity contribution in [2.45, 2.75) is 33.9 Å². The number of nitrogens with zero attached hydrogens (tertiary/aromatic N) is 1. The number of halogens is 2. The van der Waals surface area contributed by atoms with E-state index in [1.54, 1.807) is 42.5 Å². The maximum atomic E-state index is 13.4. The molecule has 1 saturated carbocycles. The lowest BCUT2D eigenvalue weighted by atomic mass is 9.77. The number of nitrogens with one attached hydrogen (secondary N) is 1. The van der Waals surface area contributed by atoms with Crippen LogP contribution in [0.25, 0.3) is 0 Å². The number of thioether (sulfide) groups is 1. The minimum Gasteiger partial charge on any atom is -0.465 e. The molecule has 6 rings (SSSR count). The Morgan fingerprint density at radius 3 is 2.45 bits per heavy atom. The molecule has 4 aromatic carbocycles. The topological polar surface area (TPSA) is 108 Å². The van der Waals surface area contributed by atoms with Crippen molar-refractivity contribution in [2.24, 2.45) is 5.92 Å². The molecule has 0 spiro atoms. The fourth-order valence-electron chi connectivity index (χ4n) is 6.11. The molecule has 1 fully saturated rings. The predicted octanol–water partition coefficient (Wildman–Crippen LogP) is 8.29. The number of hydrogen-bond acceptors (Lipinski definition) is 8. The van der Waals surface area contributed by atoms with Crippen LogP contribution < -0.4 is 10.1 Å². The molecule has 1 aliphatic heterocycles. The number of rotatable bonds is 7. The van der Waals surface area contributed by atoms with Crippen LogP contribution in [0.4, 0.5) is 11.4 Å². The first-order valence-electron chi connectivity index (χ1n) is 13.8. The Bertz CT molecular complexity index is 1750. The summed E-state index contributed by atoms with van der Waals surface area (Å²) in [5.41, 5.74) is 3.22. The number of carbonyl (C=O) groups excluding carboxylic acids is 2. The van der Waals surface area contributed by atoms with Crippen LogP contribution in [0.1, 0.15) is 50.2 Å². The van der Waals surface area contributed by atoms with Crippen molar-refractivity contribution in [3.8, 4) is 5.75 Å². The second-order valence-electron chi connectivity index (χ2n) is 10.6. The van der Waals surface area contributed by atoms with Gasteiger partial charge in [0.2, 0.25) is 0 Å². The molecule has 0 amide bonds. The Labute approximate surface area is 267 Å². The molecule has 1 heterocycles. The Balaban J connectivity index is 1.35. The van der Waals surface area contributed by atoms with Gasteiger partial charge in [-0.15, -0.1) is 23.4 Å². The quantitative estimate of drug-likeness (QED) is 0.0701. The number of nitro benzene ring substituents is 1. The van der Waals surface area contributed by atoms with Crippen LogP contribution in [0.3, 0.4) is 0 Å². The summed E-state index contributed by atoms with van der Waals surface area (Å²) >= 11 is 14.9. The molecule has 0 radical (unpaired) electrons. The lowest BCUT2D eigenvalue weighted by Crippen LogP contribution is -2.31. The molecule has 1 aliphatic carbocycles. The largest absolute Gasteiger partial charge is 0.465 e. The van der Waals surface area contributed by atoms with Crippen LogP contribution >= 0.6 is 35.0 Å². The van der Waals surface area contributed by atoms with Gasteiger partial charge in [-0.2, -0.15) is 0 Å². The number of para-hydroxylation sites is 2. The van der Waals surface area contributed by atoms with Gasteiger partial charge in [-0.05, 0) is 72.0 Å². The third-order valence-electron chi connectivity index (χ3n) is 8.11. The highest BCUT2D eigenvalue weighted by Gasteiger charge is 2.50. The van der Waals surface area contributed by atoms with Crippen molar-refractivity contribution in [1.29, 1.82) is 0 Å². The lowest BCUT2D eigenvalue weighted by Gasteiger charge is -2.38. The van der Waals surface area contributed by atoms with Gasteiger partial charge in [-0.1, -0.05) is 48.0 Å². The third-order valence-corrected chi connectivity index (χ3v) is 10.5. The van der Waals surface area contributed by atoms with Crippen molar-refractivity contribution >= 4 is 58.3 Å². The molecule has 0 unspecified atom stereocenters. The van der Waals surface area contributed by atoms with Gasteiger partial charge in [-0.25, -0.2) is 9.59 Å². The first-order valence-corrected chi connectivity index (χ1v) is 15.5. The maximum Gasteiger partial charge on any atom is 0.343 e. The molecular formula is C33H26Cl2N2O6S. The van der Waals surface area contributed by atoms with E-state index in [0.717, 1.165) is 16.8 Å². The summed E-state index contributed by atoms with van der Waals surface area (Å²) in [5.74, 6) is -1.31. The van der Waals surface area contributed by atoms with Crippen molar-refractivity contribution < 1.29 is 24.0 Å². The molecule has 2 aliphatic rings. The van der Waals surface area contributed by atoms with Gasteiger partial charge in [0.15, 0.2) is 0 Å². The third kappa shape index (κ3) is 5.75. The summed E-state index contributed by atoms with van der Waals surface area (Å²) in [6.45, 7) is 0. The summed E-state index contributed by atoms with van der Waals surface area (Å²) in [7, 11) is 1.26. The van der Waals surface area contributed by atoms with Crippen LogP contribution in [0.2, 0.25) is 5.02 Å². The Morgan fingerprint density at radius 1 is 0.977 bits per heavy atom. The fraction of sp³-hybridized carbons (Fsp3) is 0.212. The van der Waals surface area contributed by atoms with Crippen LogP contribution in [0, 0.1) is 16.0 Å². The van der Waals surface area contributed by atoms with Gasteiger partial charge in [-0.3, -0.25) is 10.1 Å². The Morgan fingerprint density at radius 2 is 1.70 bits per heavy atom. The lowest BCUT2D eigenvalue weighted by molar-refractivity contribution is -0.387. The minimum absolute atomic E-state index is 0.0118. The standard InChI is InChI=1S/C33H26Cl2N2O6S/c1-42-33(39)21-6-2-4-8-26(21)43-32(38)19-12-15-24-22(16-19)29-23(31(36-24)18-10-13-20(34)14-11-18)17-28(30(29)35)44-27-9-5-3-7-25(27)37(40)41/h2-16,23,28-31,36H,17H2,1H3/t23-,28-,29+,30-,31-/m1/s1. The van der Waals surface area contributed by atoms with Gasteiger partial charge >= 0.3 is 11.9 Å². The molecule has 8 nitrogen and oxygen atoms in total. The number of methoxy groups -OCH3 is 1. The summed E-state index contributed by atoms with van der Waals surface area (Å²) < 4.78 is 10.5. The number of hydrogen-bond donors (Lipinski definition) is 1. The van der Waals surface area contributed by atoms with Gasteiger partial charge in [0, 0.05) is 27.9 Å². The van der Waals surface area contributed by atoms with Crippen molar-refractivity contribution in [1.82, 2.24) is 0 Å². The number of ether oxygens (including phenoxy) is 2. The smallest absolute Gasteiger partial charge is 0.343 e. The molecule has 0 saturated heterocycles. The number of anilines is 1. The molecule has 5 atom stereocenters. The molecule has 1 N–H and O–H groups in total. The molecule has 0 bridgehead atoms. The van der Waals surface area contributed by atoms with E-state index in [2.05, 4.69) is 5.32 Å². The summed E-state index contributed by atoms with van der Waals surface area (Å²) in [5, 5.41) is 15.5. The molecular weight excluding hydrogens is 623 g/mol. The zero-order chi connectivity index (χ0) is 31.0. The molecule has 4 aromatic rings. The maximum absolute atomic E-state index is 13.4. The molecule has 11 heteroatoms. The Kier molecular flexibility index (Phi) is 8.53. The summed E-state index contributed by atoms with van der Waals surface area (Å²) in [6.07, 6.45) is 0.677. The van der Waals surface area contributed by atoms with Crippen molar-refractivity contribution in [2.75, 3.05) is 12.4 Å². The Hall–Kier alpha value is -4.05. The zero-order valence-corrected chi connectivity index (χ0v) is 25.6. The number of benzene rings is 4. The van der Waals surface area contributed by atoms with Crippen molar-refractivity contribution in [3.63, 3.8) is 0 Å². The number of fused-ring (bicyclic) bond motifs is 3. The highest BCUT2D eigenvalue weighted by Crippen LogP contribution is 2.58. The average molecular weight is 650 g/mol. The van der Waals surface area contributed by atoms with E-state index >= 15 is 0 Å². The number of alkyl halides is 1. The van der Waals surface area contributed by atoms with Crippen LogP contribution in [0.5, 0.6) is 5.75 Å². The summed E-state index contributed by atoms with van der Waals surface area (Å²) in [6, 6.07) is 25.9. The van der Waals surface area contributed by atoms with Crippen LogP contribution in [-0.4, -0.2) is 34.6 Å². The molecule has 44 heavy (non-hydrogen) atoms. The van der Waals surface area contributed by atoms with E-state index in [0.29, 0.717) is 21.9 Å². The van der Waals surface area contributed by atoms with Gasteiger partial charge < -0.3 is 14.8 Å². The monoisotopic (exact) mass is 648 g/mol. The average Bonchev–Trinajstić information content (AvgIpc) is 3.36. The first-order chi connectivity index (χ1) is 21.2. The second-order valence-corrected chi connectivity index (χ2v) is 12.8. The first kappa shape index (κ1) is 30.0. The van der Waals surface area contributed by atoms with E-state index in [9.17, 15) is 19.7 Å². The van der Waals surface area contributed by atoms with Crippen LogP contribution in [0.15, 0.2) is 95.9 Å². The van der Waals surface area contributed by atoms with E-state index in [1.165, 1.54) is 37.1 Å². The second kappa shape index (κ2) is 12.5. The zero-order valence-electron chi connectivity index (χ0n) is 23.3. The number of esters is 2. The number of carbonyl (C=O) groups is 2. The van der Waals surface area contributed by atoms with E-state index in [4.69, 9.17) is 32.7 Å². The van der Waals surface area contributed by atoms with Crippen LogP contribution in [-0.2, 0) is 4.74 Å². The SMILES string of the molecule is COC(=O)c1ccccc1OC(=O)c1ccc2c(c1)[C@@H]1[C@H](Cl)[C@H](Sc3ccccc3[N+](=O)[O-])C[C@H]1[C@@H](c1ccc(Cl)cc1)N2. The van der Waals surface area contributed by atoms with E-state index < -0.39 is 17.3 Å².